The van der Waals surface area contributed by atoms with Crippen LogP contribution in [0.25, 0.3) is 21.3 Å². The predicted molar refractivity (Wildman–Crippen MR) is 118 cm³/mol. The van der Waals surface area contributed by atoms with Gasteiger partial charge in [0, 0.05) is 17.0 Å². The fourth-order valence-corrected chi connectivity index (χ4v) is 6.05. The topological polar surface area (TPSA) is 119 Å². The second kappa shape index (κ2) is 6.70. The Hall–Kier alpha value is -2.59. The van der Waals surface area contributed by atoms with Gasteiger partial charge in [-0.3, -0.25) is 0 Å². The molecule has 1 saturated heterocycles. The Kier molecular flexibility index (Phi) is 4.13. The number of nitrogen functional groups attached to an aromatic ring is 1. The van der Waals surface area contributed by atoms with Crippen molar-refractivity contribution in [1.82, 2.24) is 19.5 Å². The number of thiazole rings is 1. The summed E-state index contributed by atoms with van der Waals surface area (Å²) in [5.41, 5.74) is 8.89. The standard InChI is InChI=1S/C22H23N5O3S/c1-11-13-4-5-27(20(13)25-10-24-11)15-7-22(19(29)18(15)28)8-16(30-9-22)12-2-3-17-14(6-12)26-21(23)31-17/h2-6,10,15-16,18-19,28-29H,7-9H2,1H3,(H2,23,26). The van der Waals surface area contributed by atoms with Gasteiger partial charge in [-0.05, 0) is 43.5 Å². The molecule has 4 aromatic rings. The normalized spacial score (nSPS) is 30.8. The predicted octanol–water partition coefficient (Wildman–Crippen LogP) is 2.75. The van der Waals surface area contributed by atoms with Gasteiger partial charge in [-0.25, -0.2) is 15.0 Å². The molecule has 4 N–H and O–H groups in total. The van der Waals surface area contributed by atoms with Crippen molar-refractivity contribution >= 4 is 37.7 Å². The Labute approximate surface area is 182 Å². The van der Waals surface area contributed by atoms with Crippen LogP contribution in [0.2, 0.25) is 0 Å². The number of hydrogen-bond donors (Lipinski definition) is 3. The lowest BCUT2D eigenvalue weighted by molar-refractivity contribution is -0.0309. The molecule has 3 aromatic heterocycles. The first kappa shape index (κ1) is 19.1. The van der Waals surface area contributed by atoms with E-state index in [2.05, 4.69) is 15.0 Å². The summed E-state index contributed by atoms with van der Waals surface area (Å²) in [6.45, 7) is 2.34. The van der Waals surface area contributed by atoms with Crippen molar-refractivity contribution in [3.05, 3.63) is 48.0 Å². The van der Waals surface area contributed by atoms with E-state index in [1.54, 1.807) is 0 Å². The zero-order valence-electron chi connectivity index (χ0n) is 17.0. The molecule has 2 aliphatic rings. The molecular formula is C22H23N5O3S. The number of fused-ring (bicyclic) bond motifs is 2. The van der Waals surface area contributed by atoms with Crippen LogP contribution in [0.15, 0.2) is 36.8 Å². The minimum Gasteiger partial charge on any atom is -0.390 e. The summed E-state index contributed by atoms with van der Waals surface area (Å²) < 4.78 is 9.18. The van der Waals surface area contributed by atoms with E-state index in [0.29, 0.717) is 24.6 Å². The summed E-state index contributed by atoms with van der Waals surface area (Å²) >= 11 is 1.46. The maximum atomic E-state index is 11.1. The second-order valence-electron chi connectivity index (χ2n) is 8.77. The molecule has 0 amide bonds. The Bertz CT molecular complexity index is 1300. The van der Waals surface area contributed by atoms with Crippen LogP contribution >= 0.6 is 11.3 Å². The average molecular weight is 438 g/mol. The largest absolute Gasteiger partial charge is 0.390 e. The fourth-order valence-electron chi connectivity index (χ4n) is 5.34. The molecule has 9 heteroatoms. The Morgan fingerprint density at radius 1 is 1.23 bits per heavy atom. The highest BCUT2D eigenvalue weighted by Crippen LogP contribution is 2.54. The lowest BCUT2D eigenvalue weighted by atomic mass is 9.80. The number of benzene rings is 1. The Morgan fingerprint density at radius 3 is 2.97 bits per heavy atom. The molecule has 0 bridgehead atoms. The van der Waals surface area contributed by atoms with Gasteiger partial charge in [0.05, 0.1) is 40.8 Å². The van der Waals surface area contributed by atoms with Crippen LogP contribution < -0.4 is 5.73 Å². The summed E-state index contributed by atoms with van der Waals surface area (Å²) in [7, 11) is 0. The SMILES string of the molecule is Cc1ncnc2c1ccn2C1CC2(COC(c3ccc4sc(N)nc4c3)C2)C(O)C1O. The van der Waals surface area contributed by atoms with E-state index in [4.69, 9.17) is 10.5 Å². The third kappa shape index (κ3) is 2.81. The van der Waals surface area contributed by atoms with Crippen LogP contribution in [0.3, 0.4) is 0 Å². The van der Waals surface area contributed by atoms with Crippen molar-refractivity contribution < 1.29 is 14.9 Å². The monoisotopic (exact) mass is 437 g/mol. The molecule has 8 nitrogen and oxygen atoms in total. The van der Waals surface area contributed by atoms with Crippen LogP contribution in [-0.2, 0) is 4.74 Å². The van der Waals surface area contributed by atoms with Gasteiger partial charge in [0.15, 0.2) is 5.13 Å². The number of hydrogen-bond acceptors (Lipinski definition) is 8. The maximum Gasteiger partial charge on any atom is 0.181 e. The van der Waals surface area contributed by atoms with Gasteiger partial charge in [0.2, 0.25) is 0 Å². The first-order valence-electron chi connectivity index (χ1n) is 10.4. The van der Waals surface area contributed by atoms with Gasteiger partial charge < -0.3 is 25.3 Å². The molecule has 160 valence electrons. The molecule has 1 aliphatic carbocycles. The number of nitrogens with zero attached hydrogens (tertiary/aromatic N) is 4. The third-order valence-electron chi connectivity index (χ3n) is 6.99. The van der Waals surface area contributed by atoms with Crippen molar-refractivity contribution in [3.8, 4) is 0 Å². The molecule has 1 aromatic carbocycles. The molecule has 5 atom stereocenters. The lowest BCUT2D eigenvalue weighted by Gasteiger charge is -2.26. The summed E-state index contributed by atoms with van der Waals surface area (Å²) in [6, 6.07) is 7.77. The van der Waals surface area contributed by atoms with Crippen LogP contribution in [0.4, 0.5) is 5.13 Å². The van der Waals surface area contributed by atoms with Crippen molar-refractivity contribution in [1.29, 1.82) is 0 Å². The maximum absolute atomic E-state index is 11.1. The highest BCUT2D eigenvalue weighted by atomic mass is 32.1. The van der Waals surface area contributed by atoms with Crippen molar-refractivity contribution in [2.24, 2.45) is 5.41 Å². The minimum atomic E-state index is -0.894. The van der Waals surface area contributed by atoms with E-state index >= 15 is 0 Å². The number of anilines is 1. The highest BCUT2D eigenvalue weighted by Gasteiger charge is 2.57. The molecule has 1 spiro atoms. The van der Waals surface area contributed by atoms with Gasteiger partial charge in [-0.1, -0.05) is 17.4 Å². The smallest absolute Gasteiger partial charge is 0.181 e. The molecule has 31 heavy (non-hydrogen) atoms. The fraction of sp³-hybridized carbons (Fsp3) is 0.409. The van der Waals surface area contributed by atoms with Crippen LogP contribution in [0, 0.1) is 12.3 Å². The molecule has 2 fully saturated rings. The van der Waals surface area contributed by atoms with Gasteiger partial charge in [0.1, 0.15) is 18.1 Å². The van der Waals surface area contributed by atoms with Gasteiger partial charge in [-0.15, -0.1) is 0 Å². The second-order valence-corrected chi connectivity index (χ2v) is 9.83. The lowest BCUT2D eigenvalue weighted by Crippen LogP contribution is -2.37. The number of aromatic nitrogens is 4. The first-order valence-corrected chi connectivity index (χ1v) is 11.2. The minimum absolute atomic E-state index is 0.154. The van der Waals surface area contributed by atoms with Crippen LogP contribution in [0.5, 0.6) is 0 Å². The summed E-state index contributed by atoms with van der Waals surface area (Å²) in [6.07, 6.45) is 2.80. The van der Waals surface area contributed by atoms with Crippen molar-refractivity contribution in [3.63, 3.8) is 0 Å². The van der Waals surface area contributed by atoms with E-state index in [1.165, 1.54) is 17.7 Å². The molecule has 1 aliphatic heterocycles. The molecule has 1 saturated carbocycles. The first-order chi connectivity index (χ1) is 14.9. The van der Waals surface area contributed by atoms with E-state index in [1.807, 2.05) is 42.0 Å². The van der Waals surface area contributed by atoms with Crippen LogP contribution in [0.1, 0.15) is 36.2 Å². The zero-order chi connectivity index (χ0) is 21.3. The van der Waals surface area contributed by atoms with Gasteiger partial charge >= 0.3 is 0 Å². The third-order valence-corrected chi connectivity index (χ3v) is 7.86. The van der Waals surface area contributed by atoms with E-state index in [9.17, 15) is 10.2 Å². The number of nitrogens with two attached hydrogens (primary N) is 1. The summed E-state index contributed by atoms with van der Waals surface area (Å²) in [5.74, 6) is 0. The highest BCUT2D eigenvalue weighted by molar-refractivity contribution is 7.22. The number of aryl methyl sites for hydroxylation is 1. The number of aliphatic hydroxyl groups excluding tert-OH is 2. The zero-order valence-corrected chi connectivity index (χ0v) is 17.8. The van der Waals surface area contributed by atoms with Gasteiger partial charge in [-0.2, -0.15) is 0 Å². The molecule has 4 heterocycles. The number of aliphatic hydroxyl groups is 2. The number of ether oxygens (including phenoxy) is 1. The molecule has 6 rings (SSSR count). The quantitative estimate of drug-likeness (QED) is 0.441. The average Bonchev–Trinajstić information content (AvgIpc) is 3.50. The summed E-state index contributed by atoms with van der Waals surface area (Å²) in [5, 5.41) is 23.6. The van der Waals surface area contributed by atoms with Crippen molar-refractivity contribution in [2.75, 3.05) is 12.3 Å². The molecule has 5 unspecified atom stereocenters. The van der Waals surface area contributed by atoms with E-state index in [-0.39, 0.29) is 12.1 Å². The molecular weight excluding hydrogens is 414 g/mol. The Morgan fingerprint density at radius 2 is 2.10 bits per heavy atom. The van der Waals surface area contributed by atoms with E-state index in [0.717, 1.165) is 32.5 Å². The molecule has 0 radical (unpaired) electrons. The van der Waals surface area contributed by atoms with Crippen molar-refractivity contribution in [2.45, 2.75) is 44.1 Å². The summed E-state index contributed by atoms with van der Waals surface area (Å²) in [4.78, 5) is 13.1. The Balaban J connectivity index is 1.31. The van der Waals surface area contributed by atoms with Crippen LogP contribution in [-0.4, -0.2) is 48.5 Å². The van der Waals surface area contributed by atoms with Gasteiger partial charge in [0.25, 0.3) is 0 Å². The van der Waals surface area contributed by atoms with E-state index < -0.39 is 17.6 Å². The number of rotatable bonds is 2.